The van der Waals surface area contributed by atoms with Crippen molar-refractivity contribution in [3.63, 3.8) is 0 Å². The summed E-state index contributed by atoms with van der Waals surface area (Å²) in [5, 5.41) is 3.22. The number of nitrogens with zero attached hydrogens (tertiary/aromatic N) is 1. The van der Waals surface area contributed by atoms with E-state index in [9.17, 15) is 4.79 Å². The molecule has 0 aliphatic heterocycles. The highest BCUT2D eigenvalue weighted by atomic mass is 35.5. The molecule has 1 N–H and O–H groups in total. The van der Waals surface area contributed by atoms with Gasteiger partial charge in [-0.25, -0.2) is 0 Å². The molecule has 0 unspecified atom stereocenters. The monoisotopic (exact) mass is 242 g/mol. The SMILES string of the molecule is COCC(C)(C)NC(=O)c1cnccc1Cl. The Bertz CT molecular complexity index is 380. The molecule has 0 bridgehead atoms. The standard InChI is InChI=1S/C11H15ClN2O2/c1-11(2,7-16-3)14-10(15)8-6-13-5-4-9(8)12/h4-6H,7H2,1-3H3,(H,14,15). The molecule has 16 heavy (non-hydrogen) atoms. The second kappa shape index (κ2) is 5.27. The molecule has 0 spiro atoms. The Kier molecular flexibility index (Phi) is 4.26. The molecule has 1 heterocycles. The van der Waals surface area contributed by atoms with E-state index < -0.39 is 5.54 Å². The predicted octanol–water partition coefficient (Wildman–Crippen LogP) is 1.89. The Labute approximate surface area is 100.0 Å². The molecule has 0 saturated heterocycles. The number of pyridine rings is 1. The van der Waals surface area contributed by atoms with Crippen LogP contribution in [0.5, 0.6) is 0 Å². The molecule has 0 fully saturated rings. The number of nitrogens with one attached hydrogen (secondary N) is 1. The van der Waals surface area contributed by atoms with Crippen LogP contribution in [0.4, 0.5) is 0 Å². The van der Waals surface area contributed by atoms with Crippen LogP contribution in [0.15, 0.2) is 18.5 Å². The third-order valence-corrected chi connectivity index (χ3v) is 2.30. The van der Waals surface area contributed by atoms with Crippen LogP contribution in [-0.4, -0.2) is 30.1 Å². The van der Waals surface area contributed by atoms with Crippen LogP contribution >= 0.6 is 11.6 Å². The van der Waals surface area contributed by atoms with Gasteiger partial charge in [0.1, 0.15) is 0 Å². The zero-order chi connectivity index (χ0) is 12.2. The Hall–Kier alpha value is -1.13. The summed E-state index contributed by atoms with van der Waals surface area (Å²) in [4.78, 5) is 15.7. The highest BCUT2D eigenvalue weighted by Gasteiger charge is 2.22. The maximum atomic E-state index is 11.9. The van der Waals surface area contributed by atoms with Crippen LogP contribution in [0.3, 0.4) is 0 Å². The second-order valence-corrected chi connectivity index (χ2v) is 4.53. The molecule has 1 aromatic rings. The first-order valence-electron chi connectivity index (χ1n) is 4.87. The first-order valence-corrected chi connectivity index (χ1v) is 5.25. The molecule has 0 aliphatic rings. The van der Waals surface area contributed by atoms with E-state index in [0.717, 1.165) is 0 Å². The van der Waals surface area contributed by atoms with E-state index >= 15 is 0 Å². The number of carbonyl (C=O) groups is 1. The summed E-state index contributed by atoms with van der Waals surface area (Å²) < 4.78 is 5.01. The molecular formula is C11H15ClN2O2. The largest absolute Gasteiger partial charge is 0.382 e. The van der Waals surface area contributed by atoms with E-state index in [1.807, 2.05) is 13.8 Å². The van der Waals surface area contributed by atoms with Gasteiger partial charge in [-0.1, -0.05) is 11.6 Å². The molecule has 0 atom stereocenters. The fourth-order valence-electron chi connectivity index (χ4n) is 1.32. The minimum atomic E-state index is -0.439. The molecule has 0 saturated carbocycles. The van der Waals surface area contributed by atoms with Crippen LogP contribution in [0, 0.1) is 0 Å². The predicted molar refractivity (Wildman–Crippen MR) is 62.7 cm³/mol. The topological polar surface area (TPSA) is 51.2 Å². The third-order valence-electron chi connectivity index (χ3n) is 1.97. The van der Waals surface area contributed by atoms with Crippen molar-refractivity contribution in [2.45, 2.75) is 19.4 Å². The van der Waals surface area contributed by atoms with Gasteiger partial charge in [0, 0.05) is 19.5 Å². The summed E-state index contributed by atoms with van der Waals surface area (Å²) in [6.07, 6.45) is 2.99. The average molecular weight is 243 g/mol. The number of hydrogen-bond acceptors (Lipinski definition) is 3. The average Bonchev–Trinajstić information content (AvgIpc) is 2.17. The second-order valence-electron chi connectivity index (χ2n) is 4.13. The minimum absolute atomic E-state index is 0.250. The molecule has 1 rings (SSSR count). The molecule has 0 radical (unpaired) electrons. The summed E-state index contributed by atoms with van der Waals surface area (Å²) in [5.41, 5.74) is -0.0706. The smallest absolute Gasteiger partial charge is 0.254 e. The van der Waals surface area contributed by atoms with Crippen molar-refractivity contribution in [1.29, 1.82) is 0 Å². The number of aromatic nitrogens is 1. The highest BCUT2D eigenvalue weighted by Crippen LogP contribution is 2.14. The van der Waals surface area contributed by atoms with Crippen molar-refractivity contribution >= 4 is 17.5 Å². The summed E-state index contributed by atoms with van der Waals surface area (Å²) in [6, 6.07) is 1.58. The lowest BCUT2D eigenvalue weighted by Gasteiger charge is -2.25. The lowest BCUT2D eigenvalue weighted by atomic mass is 10.1. The van der Waals surface area contributed by atoms with Crippen LogP contribution < -0.4 is 5.32 Å². The number of carbonyl (C=O) groups excluding carboxylic acids is 1. The fourth-order valence-corrected chi connectivity index (χ4v) is 1.51. The van der Waals surface area contributed by atoms with Gasteiger partial charge in [-0.15, -0.1) is 0 Å². The Morgan fingerprint density at radius 2 is 2.31 bits per heavy atom. The Morgan fingerprint density at radius 1 is 1.62 bits per heavy atom. The quantitative estimate of drug-likeness (QED) is 0.877. The van der Waals surface area contributed by atoms with Crippen LogP contribution in [0.25, 0.3) is 0 Å². The van der Waals surface area contributed by atoms with Crippen molar-refractivity contribution in [3.05, 3.63) is 29.0 Å². The van der Waals surface area contributed by atoms with Gasteiger partial charge in [0.15, 0.2) is 0 Å². The van der Waals surface area contributed by atoms with Gasteiger partial charge in [0.25, 0.3) is 5.91 Å². The lowest BCUT2D eigenvalue weighted by molar-refractivity contribution is 0.0820. The van der Waals surface area contributed by atoms with E-state index in [0.29, 0.717) is 17.2 Å². The van der Waals surface area contributed by atoms with Gasteiger partial charge in [-0.3, -0.25) is 9.78 Å². The van der Waals surface area contributed by atoms with Crippen molar-refractivity contribution < 1.29 is 9.53 Å². The van der Waals surface area contributed by atoms with Crippen molar-refractivity contribution in [1.82, 2.24) is 10.3 Å². The minimum Gasteiger partial charge on any atom is -0.382 e. The summed E-state index contributed by atoms with van der Waals surface area (Å²) in [5.74, 6) is -0.250. The molecular weight excluding hydrogens is 228 g/mol. The number of methoxy groups -OCH3 is 1. The maximum Gasteiger partial charge on any atom is 0.254 e. The van der Waals surface area contributed by atoms with Gasteiger partial charge in [0.2, 0.25) is 0 Å². The zero-order valence-corrected chi connectivity index (χ0v) is 10.3. The highest BCUT2D eigenvalue weighted by molar-refractivity contribution is 6.33. The van der Waals surface area contributed by atoms with Crippen molar-refractivity contribution in [3.8, 4) is 0 Å². The molecule has 4 nitrogen and oxygen atoms in total. The van der Waals surface area contributed by atoms with Gasteiger partial charge in [0.05, 0.1) is 22.7 Å². The van der Waals surface area contributed by atoms with E-state index in [4.69, 9.17) is 16.3 Å². The number of amides is 1. The number of ether oxygens (including phenoxy) is 1. The lowest BCUT2D eigenvalue weighted by Crippen LogP contribution is -2.46. The van der Waals surface area contributed by atoms with Gasteiger partial charge >= 0.3 is 0 Å². The van der Waals surface area contributed by atoms with E-state index in [1.54, 1.807) is 19.4 Å². The Morgan fingerprint density at radius 3 is 2.88 bits per heavy atom. The Balaban J connectivity index is 2.77. The number of hydrogen-bond donors (Lipinski definition) is 1. The zero-order valence-electron chi connectivity index (χ0n) is 9.58. The van der Waals surface area contributed by atoms with E-state index in [2.05, 4.69) is 10.3 Å². The number of rotatable bonds is 4. The molecule has 0 aromatic carbocycles. The number of halogens is 1. The fraction of sp³-hybridized carbons (Fsp3) is 0.455. The first-order chi connectivity index (χ1) is 7.46. The summed E-state index contributed by atoms with van der Waals surface area (Å²) in [7, 11) is 1.59. The van der Waals surface area contributed by atoms with E-state index in [-0.39, 0.29) is 5.91 Å². The van der Waals surface area contributed by atoms with Gasteiger partial charge in [-0.05, 0) is 19.9 Å². The molecule has 0 aliphatic carbocycles. The van der Waals surface area contributed by atoms with Gasteiger partial charge < -0.3 is 10.1 Å². The van der Waals surface area contributed by atoms with Crippen LogP contribution in [0.2, 0.25) is 5.02 Å². The molecule has 88 valence electrons. The third kappa shape index (κ3) is 3.47. The molecule has 5 heteroatoms. The van der Waals surface area contributed by atoms with Gasteiger partial charge in [-0.2, -0.15) is 0 Å². The van der Waals surface area contributed by atoms with Crippen molar-refractivity contribution in [2.24, 2.45) is 0 Å². The molecule has 1 aromatic heterocycles. The van der Waals surface area contributed by atoms with E-state index in [1.165, 1.54) is 6.20 Å². The normalized spacial score (nSPS) is 11.2. The van der Waals surface area contributed by atoms with Crippen LogP contribution in [-0.2, 0) is 4.74 Å². The first kappa shape index (κ1) is 12.9. The van der Waals surface area contributed by atoms with Crippen LogP contribution in [0.1, 0.15) is 24.2 Å². The maximum absolute atomic E-state index is 11.9. The summed E-state index contributed by atoms with van der Waals surface area (Å²) >= 11 is 5.89. The molecule has 1 amide bonds. The van der Waals surface area contributed by atoms with Crippen molar-refractivity contribution in [2.75, 3.05) is 13.7 Å². The summed E-state index contributed by atoms with van der Waals surface area (Å²) in [6.45, 7) is 4.17.